The third kappa shape index (κ3) is 3.35. The van der Waals surface area contributed by atoms with Gasteiger partial charge in [0.05, 0.1) is 0 Å². The van der Waals surface area contributed by atoms with Crippen LogP contribution in [-0.4, -0.2) is 50.3 Å². The van der Waals surface area contributed by atoms with Crippen molar-refractivity contribution in [1.29, 1.82) is 0 Å². The summed E-state index contributed by atoms with van der Waals surface area (Å²) in [4.78, 5) is 28.5. The highest BCUT2D eigenvalue weighted by atomic mass is 16.2. The van der Waals surface area contributed by atoms with Crippen molar-refractivity contribution in [2.24, 2.45) is 5.92 Å². The van der Waals surface area contributed by atoms with Crippen molar-refractivity contribution in [3.8, 4) is 0 Å². The molecule has 3 aromatic rings. The van der Waals surface area contributed by atoms with Gasteiger partial charge in [-0.2, -0.15) is 4.52 Å². The molecule has 146 valence electrons. The van der Waals surface area contributed by atoms with Gasteiger partial charge in [0.2, 0.25) is 0 Å². The molecule has 1 aliphatic rings. The number of anilines is 1. The van der Waals surface area contributed by atoms with Crippen LogP contribution in [0.4, 0.5) is 5.82 Å². The zero-order chi connectivity index (χ0) is 19.9. The van der Waals surface area contributed by atoms with Gasteiger partial charge >= 0.3 is 0 Å². The molecule has 9 nitrogen and oxygen atoms in total. The van der Waals surface area contributed by atoms with Crippen LogP contribution in [0.25, 0.3) is 5.65 Å². The van der Waals surface area contributed by atoms with Crippen molar-refractivity contribution >= 4 is 17.4 Å². The Bertz CT molecular complexity index is 1070. The van der Waals surface area contributed by atoms with Gasteiger partial charge in [-0.1, -0.05) is 20.8 Å². The van der Waals surface area contributed by atoms with Gasteiger partial charge in [0, 0.05) is 37.2 Å². The highest BCUT2D eigenvalue weighted by molar-refractivity contribution is 5.93. The van der Waals surface area contributed by atoms with E-state index in [1.165, 1.54) is 12.3 Å². The number of hydrogen-bond donors (Lipinski definition) is 2. The van der Waals surface area contributed by atoms with E-state index in [0.29, 0.717) is 12.5 Å². The molecule has 0 saturated carbocycles. The molecule has 0 aromatic carbocycles. The molecule has 0 unspecified atom stereocenters. The fraction of sp³-hybridized carbons (Fsp3) is 0.421. The summed E-state index contributed by atoms with van der Waals surface area (Å²) in [5.41, 5.74) is 0.331. The monoisotopic (exact) mass is 381 g/mol. The van der Waals surface area contributed by atoms with E-state index in [4.69, 9.17) is 5.10 Å². The van der Waals surface area contributed by atoms with Crippen molar-refractivity contribution in [1.82, 2.24) is 30.1 Å². The molecule has 3 aromatic heterocycles. The molecule has 0 atom stereocenters. The minimum Gasteiger partial charge on any atom is -0.354 e. The minimum absolute atomic E-state index is 0.133. The van der Waals surface area contributed by atoms with Gasteiger partial charge in [0.15, 0.2) is 11.5 Å². The maximum atomic E-state index is 12.1. The van der Waals surface area contributed by atoms with Gasteiger partial charge in [-0.15, -0.1) is 15.3 Å². The van der Waals surface area contributed by atoms with Crippen LogP contribution in [0, 0.1) is 5.92 Å². The topological polar surface area (TPSA) is 108 Å². The Hall–Kier alpha value is -3.23. The number of nitrogens with one attached hydrogen (secondary N) is 2. The number of carbonyl (C=O) groups is 1. The lowest BCUT2D eigenvalue weighted by molar-refractivity contribution is 0.0943. The number of carbonyl (C=O) groups excluding carboxylic acids is 1. The van der Waals surface area contributed by atoms with Crippen molar-refractivity contribution in [2.75, 3.05) is 24.5 Å². The molecule has 0 spiro atoms. The standard InChI is InChI=1S/C19H23N7O2/c1-19(2,3)18-23-22-14-6-7-15(24-26(14)18)25-10-12(11-25)9-21-17(28)13-5-4-8-20-16(13)27/h4-8,12H,9-11H2,1-3H3,(H,20,27)(H,21,28). The zero-order valence-electron chi connectivity index (χ0n) is 16.1. The van der Waals surface area contributed by atoms with Crippen molar-refractivity contribution in [3.63, 3.8) is 0 Å². The summed E-state index contributed by atoms with van der Waals surface area (Å²) < 4.78 is 1.80. The molecule has 1 saturated heterocycles. The normalized spacial score (nSPS) is 14.9. The first-order valence-corrected chi connectivity index (χ1v) is 9.27. The second kappa shape index (κ2) is 6.74. The predicted molar refractivity (Wildman–Crippen MR) is 105 cm³/mol. The number of aromatic nitrogens is 5. The maximum absolute atomic E-state index is 12.1. The fourth-order valence-electron chi connectivity index (χ4n) is 3.23. The molecule has 4 heterocycles. The van der Waals surface area contributed by atoms with E-state index in [1.807, 2.05) is 12.1 Å². The Morgan fingerprint density at radius 2 is 2.04 bits per heavy atom. The Balaban J connectivity index is 1.38. The molecule has 9 heteroatoms. The van der Waals surface area contributed by atoms with E-state index in [2.05, 4.69) is 46.2 Å². The Morgan fingerprint density at radius 3 is 2.75 bits per heavy atom. The smallest absolute Gasteiger partial charge is 0.260 e. The van der Waals surface area contributed by atoms with Gasteiger partial charge in [-0.05, 0) is 24.3 Å². The van der Waals surface area contributed by atoms with Crippen LogP contribution in [0.3, 0.4) is 0 Å². The Morgan fingerprint density at radius 1 is 1.25 bits per heavy atom. The Kier molecular flexibility index (Phi) is 4.37. The predicted octanol–water partition coefficient (Wildman–Crippen LogP) is 0.976. The number of amides is 1. The third-order valence-electron chi connectivity index (χ3n) is 4.81. The molecule has 0 aliphatic carbocycles. The molecule has 28 heavy (non-hydrogen) atoms. The molecule has 1 aliphatic heterocycles. The van der Waals surface area contributed by atoms with E-state index in [1.54, 1.807) is 10.6 Å². The van der Waals surface area contributed by atoms with Crippen LogP contribution < -0.4 is 15.8 Å². The molecular weight excluding hydrogens is 358 g/mol. The fourth-order valence-corrected chi connectivity index (χ4v) is 3.23. The summed E-state index contributed by atoms with van der Waals surface area (Å²) in [6.07, 6.45) is 1.51. The van der Waals surface area contributed by atoms with E-state index in [9.17, 15) is 9.59 Å². The number of fused-ring (bicyclic) bond motifs is 1. The van der Waals surface area contributed by atoms with E-state index >= 15 is 0 Å². The zero-order valence-corrected chi connectivity index (χ0v) is 16.1. The minimum atomic E-state index is -0.378. The summed E-state index contributed by atoms with van der Waals surface area (Å²) >= 11 is 0. The SMILES string of the molecule is CC(C)(C)c1nnc2ccc(N3CC(CNC(=O)c4ccc[nH]c4=O)C3)nn12. The van der Waals surface area contributed by atoms with Gasteiger partial charge < -0.3 is 15.2 Å². The highest BCUT2D eigenvalue weighted by Gasteiger charge is 2.29. The van der Waals surface area contributed by atoms with Crippen molar-refractivity contribution in [3.05, 3.63) is 52.2 Å². The number of hydrogen-bond acceptors (Lipinski definition) is 6. The first-order valence-electron chi connectivity index (χ1n) is 9.27. The van der Waals surface area contributed by atoms with Crippen LogP contribution in [0.15, 0.2) is 35.3 Å². The lowest BCUT2D eigenvalue weighted by Crippen LogP contribution is -2.52. The number of rotatable bonds is 4. The number of nitrogens with zero attached hydrogens (tertiary/aromatic N) is 5. The molecule has 2 N–H and O–H groups in total. The Labute approximate surface area is 161 Å². The van der Waals surface area contributed by atoms with Crippen LogP contribution in [0.1, 0.15) is 37.0 Å². The number of pyridine rings is 1. The quantitative estimate of drug-likeness (QED) is 0.697. The summed E-state index contributed by atoms with van der Waals surface area (Å²) in [7, 11) is 0. The molecule has 0 radical (unpaired) electrons. The molecule has 0 bridgehead atoms. The first kappa shape index (κ1) is 18.1. The van der Waals surface area contributed by atoms with Crippen LogP contribution in [0.2, 0.25) is 0 Å². The second-order valence-electron chi connectivity index (χ2n) is 8.13. The van der Waals surface area contributed by atoms with Crippen molar-refractivity contribution < 1.29 is 4.79 Å². The third-order valence-corrected chi connectivity index (χ3v) is 4.81. The van der Waals surface area contributed by atoms with Gasteiger partial charge in [0.1, 0.15) is 11.4 Å². The van der Waals surface area contributed by atoms with Gasteiger partial charge in [-0.3, -0.25) is 9.59 Å². The summed E-state index contributed by atoms with van der Waals surface area (Å²) in [6.45, 7) is 8.34. The molecule has 1 amide bonds. The van der Waals surface area contributed by atoms with Crippen molar-refractivity contribution in [2.45, 2.75) is 26.2 Å². The lowest BCUT2D eigenvalue weighted by atomic mass is 9.96. The lowest BCUT2D eigenvalue weighted by Gasteiger charge is -2.40. The molecule has 4 rings (SSSR count). The molecule has 1 fully saturated rings. The average Bonchev–Trinajstić information content (AvgIpc) is 3.04. The summed E-state index contributed by atoms with van der Waals surface area (Å²) in [6, 6.07) is 7.02. The van der Waals surface area contributed by atoms with Gasteiger partial charge in [-0.25, -0.2) is 0 Å². The summed E-state index contributed by atoms with van der Waals surface area (Å²) in [5.74, 6) is 1.65. The number of aromatic amines is 1. The first-order chi connectivity index (χ1) is 13.3. The van der Waals surface area contributed by atoms with E-state index in [-0.39, 0.29) is 22.4 Å². The van der Waals surface area contributed by atoms with E-state index in [0.717, 1.165) is 30.4 Å². The maximum Gasteiger partial charge on any atom is 0.260 e. The number of H-pyrrole nitrogens is 1. The second-order valence-corrected chi connectivity index (χ2v) is 8.13. The van der Waals surface area contributed by atoms with Crippen LogP contribution in [0.5, 0.6) is 0 Å². The summed E-state index contributed by atoms with van der Waals surface area (Å²) in [5, 5.41) is 16.0. The van der Waals surface area contributed by atoms with Crippen LogP contribution in [-0.2, 0) is 5.41 Å². The van der Waals surface area contributed by atoms with E-state index < -0.39 is 0 Å². The van der Waals surface area contributed by atoms with Crippen LogP contribution >= 0.6 is 0 Å². The average molecular weight is 381 g/mol. The largest absolute Gasteiger partial charge is 0.354 e. The van der Waals surface area contributed by atoms with Gasteiger partial charge in [0.25, 0.3) is 11.5 Å². The molecular formula is C19H23N7O2. The highest BCUT2D eigenvalue weighted by Crippen LogP contribution is 2.25.